The van der Waals surface area contributed by atoms with Gasteiger partial charge in [-0.1, -0.05) is 24.3 Å². The second-order valence-corrected chi connectivity index (χ2v) is 7.61. The second-order valence-electron chi connectivity index (χ2n) is 7.61. The minimum absolute atomic E-state index is 0. The molecule has 162 valence electrons. The number of piperazine rings is 1. The number of hydrogen-bond donors (Lipinski definition) is 1. The second kappa shape index (κ2) is 10.3. The van der Waals surface area contributed by atoms with Gasteiger partial charge >= 0.3 is 0 Å². The van der Waals surface area contributed by atoms with E-state index in [1.807, 2.05) is 18.1 Å². The van der Waals surface area contributed by atoms with Crippen molar-refractivity contribution in [1.82, 2.24) is 24.9 Å². The first-order valence-corrected chi connectivity index (χ1v) is 10.2. The number of aliphatic imine (C=N–C) groups is 1. The van der Waals surface area contributed by atoms with Crippen molar-refractivity contribution >= 4 is 41.5 Å². The molecule has 0 bridgehead atoms. The topological polar surface area (TPSA) is 69.0 Å². The van der Waals surface area contributed by atoms with Gasteiger partial charge < -0.3 is 15.1 Å². The highest BCUT2D eigenvalue weighted by atomic mass is 127. The first kappa shape index (κ1) is 22.5. The summed E-state index contributed by atoms with van der Waals surface area (Å²) in [5, 5.41) is 7.60. The number of benzene rings is 1. The van der Waals surface area contributed by atoms with E-state index in [2.05, 4.69) is 44.6 Å². The van der Waals surface area contributed by atoms with Crippen LogP contribution in [0.2, 0.25) is 0 Å². The number of aromatic nitrogens is 2. The Balaban J connectivity index is 0.00000256. The van der Waals surface area contributed by atoms with Gasteiger partial charge in [-0.05, 0) is 17.5 Å². The normalized spacial score (nSPS) is 17.5. The number of nitrogens with zero attached hydrogens (tertiary/aromatic N) is 6. The van der Waals surface area contributed by atoms with Crippen molar-refractivity contribution in [1.29, 1.82) is 0 Å². The summed E-state index contributed by atoms with van der Waals surface area (Å²) < 4.78 is 1.72. The Morgan fingerprint density at radius 3 is 2.67 bits per heavy atom. The molecule has 0 saturated carbocycles. The van der Waals surface area contributed by atoms with Crippen LogP contribution in [0.5, 0.6) is 0 Å². The molecule has 30 heavy (non-hydrogen) atoms. The lowest BCUT2D eigenvalue weighted by atomic mass is 10.00. The van der Waals surface area contributed by atoms with Crippen molar-refractivity contribution in [2.45, 2.75) is 13.0 Å². The van der Waals surface area contributed by atoms with Gasteiger partial charge in [-0.3, -0.25) is 19.4 Å². The van der Waals surface area contributed by atoms with Gasteiger partial charge in [-0.2, -0.15) is 5.10 Å². The summed E-state index contributed by atoms with van der Waals surface area (Å²) in [6.45, 7) is 5.55. The molecule has 2 aliphatic heterocycles. The van der Waals surface area contributed by atoms with Crippen molar-refractivity contribution in [3.8, 4) is 0 Å². The average Bonchev–Trinajstić information content (AvgIpc) is 3.17. The van der Waals surface area contributed by atoms with E-state index in [0.29, 0.717) is 13.1 Å². The molecule has 4 rings (SSSR count). The van der Waals surface area contributed by atoms with Gasteiger partial charge in [-0.15, -0.1) is 24.0 Å². The third kappa shape index (κ3) is 5.12. The fraction of sp³-hybridized carbons (Fsp3) is 0.476. The number of fused-ring (bicyclic) bond motifs is 1. The Morgan fingerprint density at radius 2 is 1.97 bits per heavy atom. The summed E-state index contributed by atoms with van der Waals surface area (Å²) in [6, 6.07) is 8.69. The van der Waals surface area contributed by atoms with Crippen molar-refractivity contribution < 1.29 is 4.79 Å². The third-order valence-corrected chi connectivity index (χ3v) is 5.66. The number of guanidine groups is 1. The average molecular weight is 523 g/mol. The predicted octanol–water partition coefficient (Wildman–Crippen LogP) is 1.32. The molecular weight excluding hydrogens is 493 g/mol. The van der Waals surface area contributed by atoms with Gasteiger partial charge in [0, 0.05) is 59.6 Å². The zero-order valence-corrected chi connectivity index (χ0v) is 20.0. The molecule has 1 fully saturated rings. The van der Waals surface area contributed by atoms with Crippen LogP contribution in [0.3, 0.4) is 0 Å². The van der Waals surface area contributed by atoms with E-state index in [1.54, 1.807) is 22.8 Å². The van der Waals surface area contributed by atoms with E-state index in [-0.39, 0.29) is 29.9 Å². The Bertz CT molecular complexity index is 897. The van der Waals surface area contributed by atoms with Crippen LogP contribution in [-0.2, 0) is 24.8 Å². The van der Waals surface area contributed by atoms with Crippen LogP contribution in [0, 0.1) is 0 Å². The summed E-state index contributed by atoms with van der Waals surface area (Å²) in [5.74, 6) is 0.862. The Labute approximate surface area is 194 Å². The Morgan fingerprint density at radius 1 is 1.17 bits per heavy atom. The van der Waals surface area contributed by atoms with E-state index in [4.69, 9.17) is 0 Å². The van der Waals surface area contributed by atoms with Crippen molar-refractivity contribution in [2.75, 3.05) is 51.2 Å². The number of carbonyl (C=O) groups excluding carboxylic acids is 1. The molecule has 2 aliphatic rings. The summed E-state index contributed by atoms with van der Waals surface area (Å²) >= 11 is 0. The molecule has 0 radical (unpaired) electrons. The number of carbonyl (C=O) groups is 1. The zero-order valence-electron chi connectivity index (χ0n) is 17.6. The maximum absolute atomic E-state index is 12.6. The maximum atomic E-state index is 12.6. The van der Waals surface area contributed by atoms with Crippen LogP contribution in [0.25, 0.3) is 0 Å². The highest BCUT2D eigenvalue weighted by Crippen LogP contribution is 2.18. The number of nitrogens with one attached hydrogen (secondary N) is 1. The summed E-state index contributed by atoms with van der Waals surface area (Å²) in [5.41, 5.74) is 3.75. The molecule has 0 unspecified atom stereocenters. The zero-order chi connectivity index (χ0) is 20.2. The molecule has 0 aliphatic carbocycles. The lowest BCUT2D eigenvalue weighted by molar-refractivity contribution is -0.120. The number of aryl methyl sites for hydroxylation is 1. The SMILES string of the molecule is CN=C(NCCN1CCc2ccccc2C1)N1CCN(c2cnn(C)c2)C(=O)C1.I. The molecule has 0 atom stereocenters. The van der Waals surface area contributed by atoms with E-state index in [9.17, 15) is 4.79 Å². The number of amides is 1. The molecule has 0 spiro atoms. The lowest BCUT2D eigenvalue weighted by Crippen LogP contribution is -2.56. The molecule has 1 aromatic carbocycles. The molecule has 9 heteroatoms. The van der Waals surface area contributed by atoms with Crippen LogP contribution in [0.1, 0.15) is 11.1 Å². The van der Waals surface area contributed by atoms with Gasteiger partial charge in [0.05, 0.1) is 11.9 Å². The van der Waals surface area contributed by atoms with Crippen LogP contribution >= 0.6 is 24.0 Å². The fourth-order valence-corrected chi connectivity index (χ4v) is 4.08. The summed E-state index contributed by atoms with van der Waals surface area (Å²) in [7, 11) is 3.63. The van der Waals surface area contributed by atoms with Gasteiger partial charge in [0.25, 0.3) is 0 Å². The number of halogens is 1. The van der Waals surface area contributed by atoms with Crippen molar-refractivity contribution in [3.05, 3.63) is 47.8 Å². The third-order valence-electron chi connectivity index (χ3n) is 5.66. The minimum Gasteiger partial charge on any atom is -0.355 e. The predicted molar refractivity (Wildman–Crippen MR) is 129 cm³/mol. The Hall–Kier alpha value is -2.14. The largest absolute Gasteiger partial charge is 0.355 e. The van der Waals surface area contributed by atoms with Gasteiger partial charge in [-0.25, -0.2) is 0 Å². The molecule has 1 aromatic heterocycles. The van der Waals surface area contributed by atoms with Crippen LogP contribution < -0.4 is 10.2 Å². The van der Waals surface area contributed by atoms with E-state index in [1.165, 1.54) is 11.1 Å². The molecular formula is C21H30IN7O. The fourth-order valence-electron chi connectivity index (χ4n) is 4.08. The number of rotatable bonds is 4. The van der Waals surface area contributed by atoms with E-state index < -0.39 is 0 Å². The summed E-state index contributed by atoms with van der Waals surface area (Å²) in [6.07, 6.45) is 4.71. The van der Waals surface area contributed by atoms with Crippen LogP contribution in [-0.4, -0.2) is 77.8 Å². The lowest BCUT2D eigenvalue weighted by Gasteiger charge is -2.35. The first-order chi connectivity index (χ1) is 14.1. The van der Waals surface area contributed by atoms with Crippen molar-refractivity contribution in [3.63, 3.8) is 0 Å². The first-order valence-electron chi connectivity index (χ1n) is 10.2. The molecule has 1 saturated heterocycles. The van der Waals surface area contributed by atoms with Gasteiger partial charge in [0.1, 0.15) is 6.54 Å². The monoisotopic (exact) mass is 523 g/mol. The minimum atomic E-state index is 0. The number of hydrogen-bond acceptors (Lipinski definition) is 4. The van der Waals surface area contributed by atoms with Crippen molar-refractivity contribution in [2.24, 2.45) is 12.0 Å². The highest BCUT2D eigenvalue weighted by molar-refractivity contribution is 14.0. The maximum Gasteiger partial charge on any atom is 0.246 e. The molecule has 1 N–H and O–H groups in total. The molecule has 2 aromatic rings. The van der Waals surface area contributed by atoms with Crippen LogP contribution in [0.15, 0.2) is 41.7 Å². The Kier molecular flexibility index (Phi) is 7.70. The quantitative estimate of drug-likeness (QED) is 0.372. The highest BCUT2D eigenvalue weighted by Gasteiger charge is 2.27. The summed E-state index contributed by atoms with van der Waals surface area (Å²) in [4.78, 5) is 23.3. The van der Waals surface area contributed by atoms with E-state index in [0.717, 1.165) is 50.8 Å². The van der Waals surface area contributed by atoms with Gasteiger partial charge in [0.15, 0.2) is 5.96 Å². The van der Waals surface area contributed by atoms with Crippen LogP contribution in [0.4, 0.5) is 5.69 Å². The standard InChI is InChI=1S/C21H29N7O.HI/c1-22-21(23-8-10-26-9-7-17-5-3-4-6-18(17)14-26)27-11-12-28(20(29)16-27)19-13-24-25(2)15-19;/h3-6,13,15H,7-12,14,16H2,1-2H3,(H,22,23);1H. The molecule has 8 nitrogen and oxygen atoms in total. The van der Waals surface area contributed by atoms with Gasteiger partial charge in [0.2, 0.25) is 5.91 Å². The van der Waals surface area contributed by atoms with E-state index >= 15 is 0 Å². The number of anilines is 1. The molecule has 1 amide bonds. The smallest absolute Gasteiger partial charge is 0.246 e. The molecule has 3 heterocycles.